The first-order valence-corrected chi connectivity index (χ1v) is 13.6. The van der Waals surface area contributed by atoms with E-state index in [0.717, 1.165) is 0 Å². The number of hydrogen-bond donors (Lipinski definition) is 1. The number of carbonyl (C=O) groups is 2. The lowest BCUT2D eigenvalue weighted by atomic mass is 9.83. The lowest BCUT2D eigenvalue weighted by molar-refractivity contribution is -0.247. The Morgan fingerprint density at radius 3 is 2.50 bits per heavy atom. The van der Waals surface area contributed by atoms with Gasteiger partial charge in [-0.25, -0.2) is 0 Å². The van der Waals surface area contributed by atoms with E-state index in [2.05, 4.69) is 0 Å². The molecule has 1 saturated heterocycles. The minimum atomic E-state index is -4.42. The van der Waals surface area contributed by atoms with Crippen LogP contribution in [0.3, 0.4) is 0 Å². The van der Waals surface area contributed by atoms with Gasteiger partial charge in [0.25, 0.3) is 0 Å². The number of hydrogen-bond acceptors (Lipinski definition) is 7. The summed E-state index contributed by atoms with van der Waals surface area (Å²) in [6, 6.07) is 4.45. The number of thioether (sulfide) groups is 1. The number of ketones is 2. The number of allylic oxidation sites excluding steroid dienone is 5. The first-order chi connectivity index (χ1) is 17.8. The fourth-order valence-electron chi connectivity index (χ4n) is 5.27. The first kappa shape index (κ1) is 27.2. The number of fused-ring (bicyclic) bond motifs is 2. The van der Waals surface area contributed by atoms with Gasteiger partial charge in [0, 0.05) is 42.8 Å². The Kier molecular flexibility index (Phi) is 6.91. The summed E-state index contributed by atoms with van der Waals surface area (Å²) in [6.07, 6.45) is -0.00137. The number of benzene rings is 1. The summed E-state index contributed by atoms with van der Waals surface area (Å²) in [5.74, 6) is -2.27. The Hall–Kier alpha value is -2.40. The highest BCUT2D eigenvalue weighted by Gasteiger charge is 2.47. The van der Waals surface area contributed by atoms with Crippen molar-refractivity contribution in [2.45, 2.75) is 63.8 Å². The fourth-order valence-corrected chi connectivity index (χ4v) is 6.53. The molecule has 0 aromatic heterocycles. The van der Waals surface area contributed by atoms with E-state index in [1.54, 1.807) is 12.1 Å². The van der Waals surface area contributed by atoms with Crippen LogP contribution in [0, 0.1) is 5.92 Å². The van der Waals surface area contributed by atoms with E-state index in [1.165, 1.54) is 36.0 Å². The van der Waals surface area contributed by atoms with Crippen LogP contribution in [0.1, 0.15) is 61.5 Å². The van der Waals surface area contributed by atoms with Gasteiger partial charge in [-0.2, -0.15) is 13.2 Å². The molecule has 204 valence electrons. The van der Waals surface area contributed by atoms with Gasteiger partial charge in [-0.3, -0.25) is 14.5 Å². The van der Waals surface area contributed by atoms with Gasteiger partial charge in [0.2, 0.25) is 18.0 Å². The highest BCUT2D eigenvalue weighted by molar-refractivity contribution is 8.04. The number of halogens is 3. The summed E-state index contributed by atoms with van der Waals surface area (Å²) in [7, 11) is 0. The highest BCUT2D eigenvalue weighted by atomic mass is 32.2. The number of Topliss-reactive ketones (excluding diaryl/α,β-unsaturated/α-hetero) is 2. The molecule has 0 radical (unpaired) electrons. The molecule has 2 aliphatic heterocycles. The molecule has 1 fully saturated rings. The number of alkyl halides is 3. The van der Waals surface area contributed by atoms with Gasteiger partial charge >= 0.3 is 6.18 Å². The third-order valence-electron chi connectivity index (χ3n) is 7.29. The number of aliphatic hydroxyl groups excluding tert-OH is 1. The van der Waals surface area contributed by atoms with Crippen molar-refractivity contribution in [2.24, 2.45) is 5.92 Å². The molecule has 0 bridgehead atoms. The average Bonchev–Trinajstić information content (AvgIpc) is 2.86. The molecular formula is C28H30F3NO5S. The topological polar surface area (TPSA) is 76.1 Å². The van der Waals surface area contributed by atoms with E-state index in [-0.39, 0.29) is 28.2 Å². The fraction of sp³-hybridized carbons (Fsp3) is 0.500. The molecule has 2 atom stereocenters. The molecule has 4 aliphatic rings. The van der Waals surface area contributed by atoms with Crippen molar-refractivity contribution in [3.63, 3.8) is 0 Å². The average molecular weight is 550 g/mol. The van der Waals surface area contributed by atoms with E-state index in [1.807, 2.05) is 25.7 Å². The molecule has 1 N–H and O–H groups in total. The zero-order valence-electron chi connectivity index (χ0n) is 21.4. The maximum Gasteiger partial charge on any atom is 0.396 e. The van der Waals surface area contributed by atoms with Crippen LogP contribution in [-0.4, -0.2) is 64.2 Å². The molecule has 1 aromatic carbocycles. The van der Waals surface area contributed by atoms with Crippen LogP contribution in [0.25, 0.3) is 11.3 Å². The zero-order valence-corrected chi connectivity index (χ0v) is 22.2. The first-order valence-electron chi connectivity index (χ1n) is 12.6. The second-order valence-corrected chi connectivity index (χ2v) is 12.1. The van der Waals surface area contributed by atoms with Crippen LogP contribution in [0.15, 0.2) is 41.3 Å². The minimum Gasteiger partial charge on any atom is -0.484 e. The molecule has 1 aromatic rings. The van der Waals surface area contributed by atoms with Crippen LogP contribution in [-0.2, 0) is 14.3 Å². The van der Waals surface area contributed by atoms with E-state index >= 15 is 0 Å². The van der Waals surface area contributed by atoms with Gasteiger partial charge in [0.05, 0.1) is 11.5 Å². The lowest BCUT2D eigenvalue weighted by Crippen LogP contribution is -2.53. The quantitative estimate of drug-likeness (QED) is 0.403. The second kappa shape index (κ2) is 9.66. The van der Waals surface area contributed by atoms with E-state index < -0.39 is 41.3 Å². The van der Waals surface area contributed by atoms with Crippen LogP contribution in [0.5, 0.6) is 0 Å². The number of rotatable bonds is 3. The Morgan fingerprint density at radius 2 is 1.84 bits per heavy atom. The molecule has 2 heterocycles. The maximum absolute atomic E-state index is 13.8. The smallest absolute Gasteiger partial charge is 0.396 e. The molecule has 2 unspecified atom stereocenters. The van der Waals surface area contributed by atoms with Crippen molar-refractivity contribution in [2.75, 3.05) is 18.8 Å². The van der Waals surface area contributed by atoms with Crippen LogP contribution in [0.2, 0.25) is 0 Å². The third-order valence-corrected chi connectivity index (χ3v) is 8.62. The van der Waals surface area contributed by atoms with Crippen molar-refractivity contribution in [3.05, 3.63) is 58.0 Å². The molecule has 2 aliphatic carbocycles. The number of piperidine rings is 1. The summed E-state index contributed by atoms with van der Waals surface area (Å²) >= 11 is 1.26. The Balaban J connectivity index is 1.44. The Morgan fingerprint density at radius 1 is 1.13 bits per heavy atom. The molecule has 0 saturated carbocycles. The Bertz CT molecular complexity index is 1250. The lowest BCUT2D eigenvalue weighted by Gasteiger charge is -2.46. The number of likely N-dealkylation sites (tertiary alicyclic amines) is 1. The van der Waals surface area contributed by atoms with Gasteiger partial charge in [0.1, 0.15) is 16.3 Å². The second-order valence-electron chi connectivity index (χ2n) is 11.1. The summed E-state index contributed by atoms with van der Waals surface area (Å²) in [5, 5.41) is 10.5. The normalized spacial score (nSPS) is 24.6. The third kappa shape index (κ3) is 5.11. The van der Waals surface area contributed by atoms with E-state index in [4.69, 9.17) is 9.47 Å². The van der Waals surface area contributed by atoms with E-state index in [0.29, 0.717) is 42.8 Å². The summed E-state index contributed by atoms with van der Waals surface area (Å²) < 4.78 is 53.5. The van der Waals surface area contributed by atoms with Crippen molar-refractivity contribution in [3.8, 4) is 0 Å². The largest absolute Gasteiger partial charge is 0.484 e. The maximum atomic E-state index is 13.8. The van der Waals surface area contributed by atoms with Gasteiger partial charge < -0.3 is 14.6 Å². The van der Waals surface area contributed by atoms with Crippen molar-refractivity contribution >= 4 is 34.7 Å². The molecule has 6 nitrogen and oxygen atoms in total. The minimum absolute atomic E-state index is 0.119. The predicted molar refractivity (Wildman–Crippen MR) is 138 cm³/mol. The molecule has 5 rings (SSSR count). The van der Waals surface area contributed by atoms with Gasteiger partial charge in [-0.1, -0.05) is 24.3 Å². The van der Waals surface area contributed by atoms with Crippen LogP contribution >= 0.6 is 11.8 Å². The number of ether oxygens (including phenoxy) is 2. The summed E-state index contributed by atoms with van der Waals surface area (Å²) in [4.78, 5) is 27.8. The van der Waals surface area contributed by atoms with Gasteiger partial charge in [-0.05, 0) is 50.5 Å². The van der Waals surface area contributed by atoms with Crippen molar-refractivity contribution < 1.29 is 37.3 Å². The van der Waals surface area contributed by atoms with Crippen molar-refractivity contribution in [1.29, 1.82) is 0 Å². The van der Waals surface area contributed by atoms with Gasteiger partial charge in [0.15, 0.2) is 0 Å². The summed E-state index contributed by atoms with van der Waals surface area (Å²) in [6.45, 7) is 6.57. The number of carbonyl (C=O) groups excluding carboxylic acids is 2. The van der Waals surface area contributed by atoms with Crippen LogP contribution in [0.4, 0.5) is 13.2 Å². The monoisotopic (exact) mass is 549 g/mol. The standard InChI is InChI=1S/C28H30F3NO5S/c1-26(2,3)37-25(35)32-12-10-27(11-13-32)15-38-24-22(34)21(33)18-9-8-16(14-19(18)23(24)36-27)17-6-4-5-7-20(17)28(29,30)31/h4-6,8-9,14,20,25,35H,7,10-13,15H2,1-3H3. The number of aliphatic hydroxyl groups is 1. The van der Waals surface area contributed by atoms with Gasteiger partial charge in [-0.15, -0.1) is 11.8 Å². The van der Waals surface area contributed by atoms with Crippen molar-refractivity contribution in [1.82, 2.24) is 4.90 Å². The Labute approximate surface area is 223 Å². The molecular weight excluding hydrogens is 519 g/mol. The summed E-state index contributed by atoms with van der Waals surface area (Å²) in [5.41, 5.74) is -0.211. The van der Waals surface area contributed by atoms with Crippen LogP contribution < -0.4 is 0 Å². The molecule has 1 spiro atoms. The van der Waals surface area contributed by atoms with E-state index in [9.17, 15) is 27.9 Å². The zero-order chi connectivity index (χ0) is 27.5. The molecule has 38 heavy (non-hydrogen) atoms. The SMILES string of the molecule is CC(C)(C)OC(O)N1CCC2(CC1)CSC1=C(O2)c2cc(C3=CC=CCC3C(F)(F)F)ccc2C(=O)C1=O. The molecule has 0 amide bonds. The number of nitrogens with zero attached hydrogens (tertiary/aromatic N) is 1. The highest BCUT2D eigenvalue weighted by Crippen LogP contribution is 2.49. The molecule has 10 heteroatoms. The predicted octanol–water partition coefficient (Wildman–Crippen LogP) is 5.33.